The molecule has 0 saturated carbocycles. The molecule has 0 saturated heterocycles. The van der Waals surface area contributed by atoms with Gasteiger partial charge in [0.1, 0.15) is 5.82 Å². The highest BCUT2D eigenvalue weighted by atomic mass is 32.2. The van der Waals surface area contributed by atoms with E-state index in [0.717, 1.165) is 12.1 Å². The summed E-state index contributed by atoms with van der Waals surface area (Å²) in [4.78, 5) is 12.3. The second-order valence-corrected chi connectivity index (χ2v) is 7.89. The Kier molecular flexibility index (Phi) is 4.73. The molecule has 0 fully saturated rings. The lowest BCUT2D eigenvalue weighted by atomic mass is 10.2. The van der Waals surface area contributed by atoms with Crippen molar-refractivity contribution in [3.8, 4) is 0 Å². The second-order valence-electron chi connectivity index (χ2n) is 6.21. The number of anilines is 2. The van der Waals surface area contributed by atoms with Gasteiger partial charge in [-0.1, -0.05) is 18.2 Å². The minimum absolute atomic E-state index is 0.0659. The number of carbonyl (C=O) groups is 1. The van der Waals surface area contributed by atoms with Crippen molar-refractivity contribution in [2.24, 2.45) is 0 Å². The molecule has 146 valence electrons. The van der Waals surface area contributed by atoms with Gasteiger partial charge < -0.3 is 5.32 Å². The van der Waals surface area contributed by atoms with Gasteiger partial charge in [0, 0.05) is 16.6 Å². The Bertz CT molecular complexity index is 1290. The molecule has 9 heteroatoms. The van der Waals surface area contributed by atoms with E-state index < -0.39 is 15.8 Å². The quantitative estimate of drug-likeness (QED) is 0.466. The molecule has 3 aromatic carbocycles. The minimum Gasteiger partial charge on any atom is -0.305 e. The predicted octanol–water partition coefficient (Wildman–Crippen LogP) is 3.76. The number of amides is 1. The van der Waals surface area contributed by atoms with Crippen LogP contribution in [0.15, 0.2) is 77.7 Å². The first-order valence-electron chi connectivity index (χ1n) is 8.55. The van der Waals surface area contributed by atoms with E-state index in [1.165, 1.54) is 12.1 Å². The van der Waals surface area contributed by atoms with Crippen LogP contribution in [0, 0.1) is 5.82 Å². The number of fused-ring (bicyclic) bond motifs is 1. The van der Waals surface area contributed by atoms with E-state index in [1.807, 2.05) is 0 Å². The van der Waals surface area contributed by atoms with Gasteiger partial charge in [-0.15, -0.1) is 0 Å². The topological polar surface area (TPSA) is 104 Å². The summed E-state index contributed by atoms with van der Waals surface area (Å²) in [5.74, 6) is -0.587. The van der Waals surface area contributed by atoms with Crippen LogP contribution in [0.5, 0.6) is 0 Å². The Balaban J connectivity index is 1.61. The van der Waals surface area contributed by atoms with Crippen molar-refractivity contribution in [3.63, 3.8) is 0 Å². The fraction of sp³-hybridized carbons (Fsp3) is 0. The van der Waals surface area contributed by atoms with Gasteiger partial charge in [0.05, 0.1) is 10.4 Å². The zero-order valence-corrected chi connectivity index (χ0v) is 15.7. The molecule has 0 atom stereocenters. The average molecular weight is 410 g/mol. The van der Waals surface area contributed by atoms with Crippen LogP contribution in [0.1, 0.15) is 10.4 Å². The molecule has 0 radical (unpaired) electrons. The molecule has 0 spiro atoms. The zero-order valence-electron chi connectivity index (χ0n) is 14.9. The maximum Gasteiger partial charge on any atom is 0.261 e. The maximum absolute atomic E-state index is 13.1. The number of carbonyl (C=O) groups excluding carboxylic acids is 1. The Labute approximate surface area is 165 Å². The van der Waals surface area contributed by atoms with Crippen LogP contribution < -0.4 is 10.0 Å². The van der Waals surface area contributed by atoms with Crippen molar-refractivity contribution in [3.05, 3.63) is 84.2 Å². The second kappa shape index (κ2) is 7.36. The van der Waals surface area contributed by atoms with Crippen LogP contribution in [-0.2, 0) is 10.0 Å². The molecule has 1 amide bonds. The van der Waals surface area contributed by atoms with Crippen LogP contribution in [0.2, 0.25) is 0 Å². The van der Waals surface area contributed by atoms with Crippen LogP contribution in [0.4, 0.5) is 15.9 Å². The van der Waals surface area contributed by atoms with Gasteiger partial charge in [-0.05, 0) is 54.6 Å². The summed E-state index contributed by atoms with van der Waals surface area (Å²) in [6, 6.07) is 17.9. The van der Waals surface area contributed by atoms with Crippen LogP contribution in [-0.4, -0.2) is 24.5 Å². The van der Waals surface area contributed by atoms with Crippen molar-refractivity contribution in [1.82, 2.24) is 10.2 Å². The van der Waals surface area contributed by atoms with Crippen LogP contribution in [0.25, 0.3) is 10.9 Å². The van der Waals surface area contributed by atoms with Gasteiger partial charge in [-0.25, -0.2) is 12.8 Å². The lowest BCUT2D eigenvalue weighted by Gasteiger charge is -2.08. The molecule has 0 unspecified atom stereocenters. The van der Waals surface area contributed by atoms with E-state index in [4.69, 9.17) is 0 Å². The lowest BCUT2D eigenvalue weighted by Crippen LogP contribution is -2.13. The number of nitrogens with zero attached hydrogens (tertiary/aromatic N) is 1. The predicted molar refractivity (Wildman–Crippen MR) is 108 cm³/mol. The molecule has 1 aromatic heterocycles. The smallest absolute Gasteiger partial charge is 0.261 e. The maximum atomic E-state index is 13.1. The van der Waals surface area contributed by atoms with Gasteiger partial charge in [0.2, 0.25) is 0 Å². The number of rotatable bonds is 5. The molecule has 3 N–H and O–H groups in total. The highest BCUT2D eigenvalue weighted by Crippen LogP contribution is 2.26. The Morgan fingerprint density at radius 2 is 1.69 bits per heavy atom. The fourth-order valence-corrected chi connectivity index (χ4v) is 3.82. The summed E-state index contributed by atoms with van der Waals surface area (Å²) in [5.41, 5.74) is 1.37. The van der Waals surface area contributed by atoms with Gasteiger partial charge in [-0.2, -0.15) is 5.10 Å². The van der Waals surface area contributed by atoms with Crippen molar-refractivity contribution in [2.45, 2.75) is 4.90 Å². The number of H-pyrrole nitrogens is 1. The van der Waals surface area contributed by atoms with E-state index in [1.54, 1.807) is 48.5 Å². The minimum atomic E-state index is -3.90. The average Bonchev–Trinajstić information content (AvgIpc) is 3.11. The summed E-state index contributed by atoms with van der Waals surface area (Å²) in [6.07, 6.45) is 0. The SMILES string of the molecule is O=C(Nc1n[nH]c2ccc(NS(=O)(=O)c3ccc(F)cc3)cc12)c1ccccc1. The third kappa shape index (κ3) is 3.94. The molecule has 0 aliphatic carbocycles. The van der Waals surface area contributed by atoms with Crippen molar-refractivity contribution >= 4 is 38.3 Å². The molecule has 0 bridgehead atoms. The summed E-state index contributed by atoms with van der Waals surface area (Å²) in [5, 5.41) is 10.1. The first-order chi connectivity index (χ1) is 13.9. The summed E-state index contributed by atoms with van der Waals surface area (Å²) in [6.45, 7) is 0. The molecular formula is C20H15FN4O3S. The lowest BCUT2D eigenvalue weighted by molar-refractivity contribution is 0.102. The van der Waals surface area contributed by atoms with Gasteiger partial charge >= 0.3 is 0 Å². The van der Waals surface area contributed by atoms with Crippen molar-refractivity contribution < 1.29 is 17.6 Å². The van der Waals surface area contributed by atoms with Crippen molar-refractivity contribution in [1.29, 1.82) is 0 Å². The number of hydrogen-bond acceptors (Lipinski definition) is 4. The zero-order chi connectivity index (χ0) is 20.4. The van der Waals surface area contributed by atoms with E-state index in [0.29, 0.717) is 16.5 Å². The van der Waals surface area contributed by atoms with Gasteiger partial charge in [0.25, 0.3) is 15.9 Å². The Hall–Kier alpha value is -3.72. The third-order valence-electron chi connectivity index (χ3n) is 4.21. The van der Waals surface area contributed by atoms with E-state index in [2.05, 4.69) is 20.2 Å². The largest absolute Gasteiger partial charge is 0.305 e. The molecule has 1 heterocycles. The summed E-state index contributed by atoms with van der Waals surface area (Å²) in [7, 11) is -3.90. The molecule has 0 aliphatic heterocycles. The summed E-state index contributed by atoms with van der Waals surface area (Å²) < 4.78 is 40.5. The van der Waals surface area contributed by atoms with E-state index in [-0.39, 0.29) is 22.3 Å². The van der Waals surface area contributed by atoms with Crippen LogP contribution >= 0.6 is 0 Å². The van der Waals surface area contributed by atoms with Gasteiger partial charge in [-0.3, -0.25) is 14.6 Å². The number of aromatic amines is 1. The Morgan fingerprint density at radius 1 is 0.966 bits per heavy atom. The third-order valence-corrected chi connectivity index (χ3v) is 5.60. The standard InChI is InChI=1S/C20H15FN4O3S/c21-14-6-9-16(10-7-14)29(27,28)25-15-8-11-18-17(12-15)19(24-23-18)22-20(26)13-4-2-1-3-5-13/h1-12,25H,(H2,22,23,24,26). The first kappa shape index (κ1) is 18.6. The molecule has 0 aliphatic rings. The number of benzene rings is 3. The fourth-order valence-electron chi connectivity index (χ4n) is 2.77. The van der Waals surface area contributed by atoms with Gasteiger partial charge in [0.15, 0.2) is 5.82 Å². The number of sulfonamides is 1. The number of aromatic nitrogens is 2. The first-order valence-corrected chi connectivity index (χ1v) is 10.0. The monoisotopic (exact) mass is 410 g/mol. The number of nitrogens with one attached hydrogen (secondary N) is 3. The van der Waals surface area contributed by atoms with E-state index >= 15 is 0 Å². The molecular weight excluding hydrogens is 395 g/mol. The number of halogens is 1. The number of hydrogen-bond donors (Lipinski definition) is 3. The molecule has 4 aromatic rings. The molecule has 4 rings (SSSR count). The van der Waals surface area contributed by atoms with E-state index in [9.17, 15) is 17.6 Å². The molecule has 29 heavy (non-hydrogen) atoms. The molecule has 7 nitrogen and oxygen atoms in total. The normalized spacial score (nSPS) is 11.3. The highest BCUT2D eigenvalue weighted by molar-refractivity contribution is 7.92. The highest BCUT2D eigenvalue weighted by Gasteiger charge is 2.16. The van der Waals surface area contributed by atoms with Crippen molar-refractivity contribution in [2.75, 3.05) is 10.0 Å². The summed E-state index contributed by atoms with van der Waals surface area (Å²) >= 11 is 0. The Morgan fingerprint density at radius 3 is 2.41 bits per heavy atom. The van der Waals surface area contributed by atoms with Crippen LogP contribution in [0.3, 0.4) is 0 Å².